The average molecular weight is 499 g/mol. The standard InChI is InChI=1S/C26H24ClFN2O3S/c1-3-34(32,33)14-15-4-8-18-20(10-15)22-13-30(2)24(31)12-21(22)25(16-5-6-16)29-26(18)19-9-7-17(28)11-23(19)27/h4,7-13,16,25H,3,5-6,14H2,1-2H3/t25-/m0/s1. The number of rotatable bonds is 5. The summed E-state index contributed by atoms with van der Waals surface area (Å²) < 4.78 is 40.0. The first kappa shape index (κ1) is 23.0. The van der Waals surface area contributed by atoms with E-state index in [0.717, 1.165) is 35.1 Å². The van der Waals surface area contributed by atoms with Crippen LogP contribution in [0.4, 0.5) is 4.39 Å². The molecule has 3 aromatic rings. The minimum absolute atomic E-state index is 0.0524. The van der Waals surface area contributed by atoms with Crippen LogP contribution in [-0.4, -0.2) is 24.4 Å². The second-order valence-corrected chi connectivity index (χ2v) is 11.8. The number of nitrogens with zero attached hydrogens (tertiary/aromatic N) is 2. The van der Waals surface area contributed by atoms with Gasteiger partial charge in [-0.3, -0.25) is 9.79 Å². The molecule has 1 aliphatic carbocycles. The molecule has 0 unspecified atom stereocenters. The molecule has 1 fully saturated rings. The summed E-state index contributed by atoms with van der Waals surface area (Å²) >= 11 is 6.47. The van der Waals surface area contributed by atoms with Gasteiger partial charge in [0.05, 0.1) is 22.5 Å². The highest BCUT2D eigenvalue weighted by Gasteiger charge is 2.37. The lowest BCUT2D eigenvalue weighted by Gasteiger charge is -2.16. The maximum Gasteiger partial charge on any atom is 0.250 e. The van der Waals surface area contributed by atoms with Crippen molar-refractivity contribution in [2.24, 2.45) is 18.0 Å². The summed E-state index contributed by atoms with van der Waals surface area (Å²) in [5, 5.41) is 0.248. The van der Waals surface area contributed by atoms with E-state index in [1.54, 1.807) is 38.4 Å². The van der Waals surface area contributed by atoms with Crippen molar-refractivity contribution < 1.29 is 12.8 Å². The zero-order chi connectivity index (χ0) is 24.2. The summed E-state index contributed by atoms with van der Waals surface area (Å²) in [4.78, 5) is 17.7. The van der Waals surface area contributed by atoms with Crippen LogP contribution in [0, 0.1) is 11.7 Å². The maximum atomic E-state index is 13.8. The molecular formula is C26H24ClFN2O3S. The molecular weight excluding hydrogens is 475 g/mol. The predicted octanol–water partition coefficient (Wildman–Crippen LogP) is 5.08. The van der Waals surface area contributed by atoms with Crippen molar-refractivity contribution in [2.75, 3.05) is 5.75 Å². The molecule has 0 radical (unpaired) electrons. The largest absolute Gasteiger partial charge is 0.318 e. The van der Waals surface area contributed by atoms with E-state index in [1.807, 2.05) is 12.1 Å². The Morgan fingerprint density at radius 3 is 2.47 bits per heavy atom. The summed E-state index contributed by atoms with van der Waals surface area (Å²) in [6, 6.07) is 11.2. The maximum absolute atomic E-state index is 13.8. The first-order valence-electron chi connectivity index (χ1n) is 11.2. The van der Waals surface area contributed by atoms with Gasteiger partial charge in [-0.05, 0) is 59.7 Å². The molecule has 5 rings (SSSR count). The van der Waals surface area contributed by atoms with Gasteiger partial charge in [0.25, 0.3) is 5.56 Å². The molecule has 34 heavy (non-hydrogen) atoms. The Labute approximate surface area is 202 Å². The van der Waals surface area contributed by atoms with Crippen molar-refractivity contribution in [2.45, 2.75) is 31.6 Å². The highest BCUT2D eigenvalue weighted by Crippen LogP contribution is 2.48. The van der Waals surface area contributed by atoms with Gasteiger partial charge in [0.1, 0.15) is 5.82 Å². The molecule has 0 bridgehead atoms. The summed E-state index contributed by atoms with van der Waals surface area (Å²) in [6.07, 6.45) is 3.81. The number of pyridine rings is 1. The Morgan fingerprint density at radius 2 is 1.79 bits per heavy atom. The van der Waals surface area contributed by atoms with Crippen LogP contribution in [0.1, 0.15) is 48.1 Å². The van der Waals surface area contributed by atoms with E-state index < -0.39 is 15.7 Å². The number of aryl methyl sites for hydroxylation is 1. The van der Waals surface area contributed by atoms with Crippen LogP contribution >= 0.6 is 11.6 Å². The molecule has 2 aliphatic rings. The molecule has 0 saturated heterocycles. The molecule has 1 aliphatic heterocycles. The van der Waals surface area contributed by atoms with Crippen LogP contribution in [0.15, 0.2) is 58.4 Å². The van der Waals surface area contributed by atoms with Gasteiger partial charge in [-0.25, -0.2) is 12.8 Å². The van der Waals surface area contributed by atoms with Gasteiger partial charge in [-0.2, -0.15) is 0 Å². The molecule has 1 saturated carbocycles. The van der Waals surface area contributed by atoms with Crippen molar-refractivity contribution in [1.82, 2.24) is 4.57 Å². The monoisotopic (exact) mass is 498 g/mol. The molecule has 1 aromatic heterocycles. The highest BCUT2D eigenvalue weighted by atomic mass is 35.5. The first-order valence-corrected chi connectivity index (χ1v) is 13.4. The van der Waals surface area contributed by atoms with Crippen molar-refractivity contribution in [3.63, 3.8) is 0 Å². The van der Waals surface area contributed by atoms with Crippen molar-refractivity contribution in [3.8, 4) is 11.1 Å². The van der Waals surface area contributed by atoms with Crippen LogP contribution in [0.3, 0.4) is 0 Å². The second-order valence-electron chi connectivity index (χ2n) is 9.03. The minimum atomic E-state index is -3.24. The lowest BCUT2D eigenvalue weighted by molar-refractivity contribution is 0.596. The molecule has 0 N–H and O–H groups in total. The average Bonchev–Trinajstić information content (AvgIpc) is 3.63. The zero-order valence-corrected chi connectivity index (χ0v) is 20.5. The van der Waals surface area contributed by atoms with Gasteiger partial charge in [0.15, 0.2) is 9.84 Å². The lowest BCUT2D eigenvalue weighted by Crippen LogP contribution is -2.18. The fraction of sp³-hybridized carbons (Fsp3) is 0.308. The summed E-state index contributed by atoms with van der Waals surface area (Å²) in [5.74, 6) is -0.160. The van der Waals surface area contributed by atoms with Crippen LogP contribution in [-0.2, 0) is 22.6 Å². The Kier molecular flexibility index (Phi) is 5.73. The number of benzene rings is 2. The van der Waals surface area contributed by atoms with Crippen LogP contribution in [0.5, 0.6) is 0 Å². The topological polar surface area (TPSA) is 68.5 Å². The third kappa shape index (κ3) is 4.23. The van der Waals surface area contributed by atoms with E-state index in [1.165, 1.54) is 16.7 Å². The third-order valence-electron chi connectivity index (χ3n) is 6.56. The van der Waals surface area contributed by atoms with Gasteiger partial charge >= 0.3 is 0 Å². The Morgan fingerprint density at radius 1 is 1.06 bits per heavy atom. The second kappa shape index (κ2) is 8.47. The molecule has 1 atom stereocenters. The quantitative estimate of drug-likeness (QED) is 0.492. The number of aromatic nitrogens is 1. The first-order chi connectivity index (χ1) is 16.2. The smallest absolute Gasteiger partial charge is 0.250 e. The number of fused-ring (bicyclic) bond motifs is 3. The van der Waals surface area contributed by atoms with E-state index in [9.17, 15) is 17.6 Å². The van der Waals surface area contributed by atoms with Crippen LogP contribution in [0.2, 0.25) is 5.02 Å². The van der Waals surface area contributed by atoms with Gasteiger partial charge in [-0.15, -0.1) is 0 Å². The number of aliphatic imine (C=N–C) groups is 1. The molecule has 5 nitrogen and oxygen atoms in total. The Bertz CT molecular complexity index is 1510. The number of hydrogen-bond donors (Lipinski definition) is 0. The molecule has 0 amide bonds. The van der Waals surface area contributed by atoms with Gasteiger partial charge in [0.2, 0.25) is 0 Å². The zero-order valence-electron chi connectivity index (χ0n) is 18.9. The van der Waals surface area contributed by atoms with Crippen molar-refractivity contribution in [1.29, 1.82) is 0 Å². The van der Waals surface area contributed by atoms with Crippen LogP contribution in [0.25, 0.3) is 11.1 Å². The predicted molar refractivity (Wildman–Crippen MR) is 133 cm³/mol. The summed E-state index contributed by atoms with van der Waals surface area (Å²) in [7, 11) is -1.54. The van der Waals surface area contributed by atoms with E-state index in [2.05, 4.69) is 0 Å². The van der Waals surface area contributed by atoms with Crippen molar-refractivity contribution >= 4 is 27.1 Å². The lowest BCUT2D eigenvalue weighted by atomic mass is 9.90. The fourth-order valence-corrected chi connectivity index (χ4v) is 5.67. The molecule has 8 heteroatoms. The van der Waals surface area contributed by atoms with E-state index in [4.69, 9.17) is 16.6 Å². The Balaban J connectivity index is 1.81. The molecule has 0 spiro atoms. The van der Waals surface area contributed by atoms with Gasteiger partial charge in [0, 0.05) is 41.8 Å². The summed E-state index contributed by atoms with van der Waals surface area (Å²) in [6.45, 7) is 1.63. The fourth-order valence-electron chi connectivity index (χ4n) is 4.53. The van der Waals surface area contributed by atoms with Gasteiger partial charge in [-0.1, -0.05) is 30.7 Å². The normalized spacial score (nSPS) is 17.5. The van der Waals surface area contributed by atoms with E-state index >= 15 is 0 Å². The van der Waals surface area contributed by atoms with E-state index in [0.29, 0.717) is 22.8 Å². The van der Waals surface area contributed by atoms with Crippen molar-refractivity contribution in [3.05, 3.63) is 92.1 Å². The third-order valence-corrected chi connectivity index (χ3v) is 8.52. The molecule has 176 valence electrons. The van der Waals surface area contributed by atoms with Gasteiger partial charge < -0.3 is 4.57 Å². The summed E-state index contributed by atoms with van der Waals surface area (Å²) in [5.41, 5.74) is 4.99. The number of hydrogen-bond acceptors (Lipinski definition) is 4. The highest BCUT2D eigenvalue weighted by molar-refractivity contribution is 7.90. The number of halogens is 2. The minimum Gasteiger partial charge on any atom is -0.318 e. The molecule has 2 heterocycles. The van der Waals surface area contributed by atoms with E-state index in [-0.39, 0.29) is 28.1 Å². The molecule has 2 aromatic carbocycles. The SMILES string of the molecule is CCS(=O)(=O)Cc1ccc2c(c1)-c1cn(C)c(=O)cc1[C@H](C1CC1)N=C2c1ccc(F)cc1Cl. The Hall–Kier alpha value is -2.77. The van der Waals surface area contributed by atoms with Crippen LogP contribution < -0.4 is 5.56 Å². The number of sulfone groups is 1.